The van der Waals surface area contributed by atoms with Crippen LogP contribution in [-0.4, -0.2) is 36.1 Å². The van der Waals surface area contributed by atoms with Gasteiger partial charge in [-0.25, -0.2) is 9.69 Å². The molecule has 0 bridgehead atoms. The van der Waals surface area contributed by atoms with E-state index in [-0.39, 0.29) is 39.9 Å². The lowest BCUT2D eigenvalue weighted by atomic mass is 10.1. The number of Topliss-reactive ketones (excluding diaryl/α,β-unsaturated/α-hetero) is 1. The second kappa shape index (κ2) is 11.7. The van der Waals surface area contributed by atoms with Crippen molar-refractivity contribution in [1.82, 2.24) is 0 Å². The lowest BCUT2D eigenvalue weighted by Gasteiger charge is -2.15. The molecule has 0 saturated carbocycles. The fourth-order valence-electron chi connectivity index (χ4n) is 3.77. The van der Waals surface area contributed by atoms with Gasteiger partial charge >= 0.3 is 5.97 Å². The Morgan fingerprint density at radius 2 is 1.49 bits per heavy atom. The first kappa shape index (κ1) is 27.3. The first-order valence-corrected chi connectivity index (χ1v) is 12.4. The molecule has 39 heavy (non-hydrogen) atoms. The monoisotopic (exact) mass is 545 g/mol. The molecule has 2 N–H and O–H groups in total. The summed E-state index contributed by atoms with van der Waals surface area (Å²) in [5, 5.41) is 5.26. The van der Waals surface area contributed by atoms with Crippen LogP contribution in [0.1, 0.15) is 51.3 Å². The Morgan fingerprint density at radius 3 is 2.15 bits per heavy atom. The Hall–Kier alpha value is -4.76. The van der Waals surface area contributed by atoms with E-state index in [0.717, 1.165) is 4.90 Å². The molecule has 0 saturated heterocycles. The fraction of sp³-hybridized carbons (Fsp3) is 0.138. The average Bonchev–Trinajstić information content (AvgIpc) is 3.14. The lowest BCUT2D eigenvalue weighted by Crippen LogP contribution is -2.32. The van der Waals surface area contributed by atoms with E-state index in [9.17, 15) is 24.0 Å². The average molecular weight is 546 g/mol. The highest BCUT2D eigenvalue weighted by molar-refractivity contribution is 6.53. The molecule has 0 fully saturated rings. The van der Waals surface area contributed by atoms with Crippen LogP contribution in [0, 0.1) is 0 Å². The standard InChI is InChI=1S/C29H24ClN3O6/c1-3-14-39-29(38)18-10-12-23(13-11-18)33-27(36)24(30)25(28(33)37)31-21-8-5-7-20(16-21)26(35)32-22-9-4-6-19(15-22)17(2)34/h4-13,15-16,31H,3,14H2,1-2H3,(H,32,35). The van der Waals surface area contributed by atoms with Crippen molar-refractivity contribution in [2.75, 3.05) is 22.1 Å². The number of esters is 1. The van der Waals surface area contributed by atoms with E-state index >= 15 is 0 Å². The maximum atomic E-state index is 13.1. The molecule has 10 heteroatoms. The first-order valence-electron chi connectivity index (χ1n) is 12.0. The van der Waals surface area contributed by atoms with Gasteiger partial charge in [-0.2, -0.15) is 0 Å². The first-order chi connectivity index (χ1) is 18.7. The number of halogens is 1. The summed E-state index contributed by atoms with van der Waals surface area (Å²) in [7, 11) is 0. The number of hydrogen-bond acceptors (Lipinski definition) is 7. The predicted octanol–water partition coefficient (Wildman–Crippen LogP) is 5.14. The molecule has 1 aliphatic rings. The Bertz CT molecular complexity index is 1510. The topological polar surface area (TPSA) is 122 Å². The Balaban J connectivity index is 1.48. The van der Waals surface area contributed by atoms with E-state index < -0.39 is 23.7 Å². The van der Waals surface area contributed by atoms with Crippen molar-refractivity contribution >= 4 is 58.1 Å². The fourth-order valence-corrected chi connectivity index (χ4v) is 3.98. The summed E-state index contributed by atoms with van der Waals surface area (Å²) in [6.07, 6.45) is 0.684. The summed E-state index contributed by atoms with van der Waals surface area (Å²) in [5.74, 6) is -2.49. The van der Waals surface area contributed by atoms with Crippen molar-refractivity contribution in [3.63, 3.8) is 0 Å². The van der Waals surface area contributed by atoms with E-state index in [1.807, 2.05) is 6.92 Å². The van der Waals surface area contributed by atoms with E-state index in [1.165, 1.54) is 37.3 Å². The third-order valence-electron chi connectivity index (χ3n) is 5.75. The smallest absolute Gasteiger partial charge is 0.338 e. The molecule has 0 spiro atoms. The van der Waals surface area contributed by atoms with Crippen molar-refractivity contribution in [1.29, 1.82) is 0 Å². The second-order valence-electron chi connectivity index (χ2n) is 8.61. The minimum atomic E-state index is -0.732. The van der Waals surface area contributed by atoms with Crippen LogP contribution in [0.3, 0.4) is 0 Å². The maximum absolute atomic E-state index is 13.1. The number of carbonyl (C=O) groups excluding carboxylic acids is 5. The largest absolute Gasteiger partial charge is 0.462 e. The molecule has 0 aliphatic carbocycles. The number of hydrogen-bond donors (Lipinski definition) is 2. The van der Waals surface area contributed by atoms with E-state index in [4.69, 9.17) is 16.3 Å². The quantitative estimate of drug-likeness (QED) is 0.217. The molecule has 0 radical (unpaired) electrons. The van der Waals surface area contributed by atoms with Gasteiger partial charge in [0.05, 0.1) is 17.9 Å². The van der Waals surface area contributed by atoms with Gasteiger partial charge in [0.15, 0.2) is 5.78 Å². The summed E-state index contributed by atoms with van der Waals surface area (Å²) in [5.41, 5.74) is 1.90. The summed E-state index contributed by atoms with van der Waals surface area (Å²) in [6, 6.07) is 18.7. The van der Waals surface area contributed by atoms with Gasteiger partial charge in [0, 0.05) is 22.5 Å². The Kier molecular flexibility index (Phi) is 8.21. The number of carbonyl (C=O) groups is 5. The molecule has 1 heterocycles. The Morgan fingerprint density at radius 1 is 0.846 bits per heavy atom. The van der Waals surface area contributed by atoms with E-state index in [0.29, 0.717) is 23.4 Å². The number of ketones is 1. The van der Waals surface area contributed by atoms with Gasteiger partial charge in [-0.1, -0.05) is 36.7 Å². The van der Waals surface area contributed by atoms with Crippen LogP contribution in [0.5, 0.6) is 0 Å². The molecule has 0 aromatic heterocycles. The van der Waals surface area contributed by atoms with Crippen LogP contribution < -0.4 is 15.5 Å². The molecule has 1 aliphatic heterocycles. The third-order valence-corrected chi connectivity index (χ3v) is 6.10. The van der Waals surface area contributed by atoms with Crippen LogP contribution in [0.25, 0.3) is 0 Å². The molecular weight excluding hydrogens is 522 g/mol. The minimum absolute atomic E-state index is 0.127. The van der Waals surface area contributed by atoms with Crippen LogP contribution in [0.2, 0.25) is 0 Å². The molecule has 3 aromatic rings. The molecule has 9 nitrogen and oxygen atoms in total. The van der Waals surface area contributed by atoms with Crippen molar-refractivity contribution in [3.8, 4) is 0 Å². The van der Waals surface area contributed by atoms with Crippen molar-refractivity contribution in [2.45, 2.75) is 20.3 Å². The molecule has 4 rings (SSSR count). The van der Waals surface area contributed by atoms with E-state index in [1.54, 1.807) is 42.5 Å². The molecule has 3 amide bonds. The number of nitrogens with zero attached hydrogens (tertiary/aromatic N) is 1. The number of amides is 3. The zero-order chi connectivity index (χ0) is 28.1. The number of imide groups is 1. The molecule has 0 unspecified atom stereocenters. The zero-order valence-electron chi connectivity index (χ0n) is 21.1. The van der Waals surface area contributed by atoms with Gasteiger partial charge in [0.25, 0.3) is 17.7 Å². The van der Waals surface area contributed by atoms with Gasteiger partial charge in [-0.05, 0) is 67.9 Å². The number of nitrogens with one attached hydrogen (secondary N) is 2. The van der Waals surface area contributed by atoms with Crippen LogP contribution in [0.15, 0.2) is 83.5 Å². The summed E-state index contributed by atoms with van der Waals surface area (Å²) >= 11 is 6.23. The Labute approximate surface area is 229 Å². The maximum Gasteiger partial charge on any atom is 0.338 e. The normalized spacial score (nSPS) is 12.9. The second-order valence-corrected chi connectivity index (χ2v) is 8.99. The van der Waals surface area contributed by atoms with Gasteiger partial charge in [-0.3, -0.25) is 19.2 Å². The SMILES string of the molecule is CCCOC(=O)c1ccc(N2C(=O)C(Cl)=C(Nc3cccc(C(=O)Nc4cccc(C(C)=O)c4)c3)C2=O)cc1. The highest BCUT2D eigenvalue weighted by Gasteiger charge is 2.39. The number of benzene rings is 3. The molecule has 0 atom stereocenters. The highest BCUT2D eigenvalue weighted by Crippen LogP contribution is 2.30. The van der Waals surface area contributed by atoms with Crippen molar-refractivity contribution in [2.24, 2.45) is 0 Å². The van der Waals surface area contributed by atoms with Gasteiger partial charge in [0.1, 0.15) is 10.7 Å². The number of ether oxygens (including phenoxy) is 1. The van der Waals surface area contributed by atoms with Crippen LogP contribution in [-0.2, 0) is 14.3 Å². The zero-order valence-corrected chi connectivity index (χ0v) is 21.9. The lowest BCUT2D eigenvalue weighted by molar-refractivity contribution is -0.120. The van der Waals surface area contributed by atoms with Crippen molar-refractivity contribution in [3.05, 3.63) is 100 Å². The summed E-state index contributed by atoms with van der Waals surface area (Å²) in [6.45, 7) is 3.60. The van der Waals surface area contributed by atoms with E-state index in [2.05, 4.69) is 10.6 Å². The third kappa shape index (κ3) is 6.05. The summed E-state index contributed by atoms with van der Waals surface area (Å²) < 4.78 is 5.09. The van der Waals surface area contributed by atoms with Crippen LogP contribution >= 0.6 is 11.6 Å². The van der Waals surface area contributed by atoms with Gasteiger partial charge < -0.3 is 15.4 Å². The predicted molar refractivity (Wildman–Crippen MR) is 147 cm³/mol. The van der Waals surface area contributed by atoms with Crippen molar-refractivity contribution < 1.29 is 28.7 Å². The minimum Gasteiger partial charge on any atom is -0.462 e. The highest BCUT2D eigenvalue weighted by atomic mass is 35.5. The summed E-state index contributed by atoms with van der Waals surface area (Å²) in [4.78, 5) is 63.3. The molecule has 198 valence electrons. The number of rotatable bonds is 9. The number of anilines is 3. The molecular formula is C29H24ClN3O6. The van der Waals surface area contributed by atoms with Gasteiger partial charge in [-0.15, -0.1) is 0 Å². The van der Waals surface area contributed by atoms with Gasteiger partial charge in [0.2, 0.25) is 0 Å². The van der Waals surface area contributed by atoms with Crippen LogP contribution in [0.4, 0.5) is 17.1 Å². The molecule has 3 aromatic carbocycles.